The number of nitrogens with two attached hydrogens (primary N) is 5. The minimum atomic E-state index is -1.72. The number of benzene rings is 3. The topological polar surface area (TPSA) is 536 Å². The van der Waals surface area contributed by atoms with Gasteiger partial charge < -0.3 is 96.6 Å². The fourth-order valence-corrected chi connectivity index (χ4v) is 8.54. The van der Waals surface area contributed by atoms with Crippen molar-refractivity contribution in [1.29, 1.82) is 0 Å². The van der Waals surface area contributed by atoms with Crippen LogP contribution in [0.4, 0.5) is 0 Å². The van der Waals surface area contributed by atoms with Crippen molar-refractivity contribution < 1.29 is 73.2 Å². The van der Waals surface area contributed by atoms with Crippen molar-refractivity contribution in [2.24, 2.45) is 39.6 Å². The molecule has 31 nitrogen and oxygen atoms in total. The zero-order chi connectivity index (χ0) is 65.2. The second-order valence-electron chi connectivity index (χ2n) is 21.1. The van der Waals surface area contributed by atoms with Gasteiger partial charge in [-0.3, -0.25) is 52.9 Å². The molecule has 0 unspecified atom stereocenters. The largest absolute Gasteiger partial charge is 0.508 e. The third-order valence-electron chi connectivity index (χ3n) is 13.6. The summed E-state index contributed by atoms with van der Waals surface area (Å²) in [6, 6.07) is 3.06. The molecule has 10 amide bonds. The molecule has 23 N–H and O–H groups in total. The predicted octanol–water partition coefficient (Wildman–Crippen LogP) is -3.65. The van der Waals surface area contributed by atoms with Crippen LogP contribution >= 0.6 is 0 Å². The number of guanidine groups is 1. The summed E-state index contributed by atoms with van der Waals surface area (Å²) < 4.78 is 0. The molecule has 0 fully saturated rings. The Labute approximate surface area is 505 Å². The van der Waals surface area contributed by atoms with Crippen LogP contribution in [0.25, 0.3) is 0 Å². The van der Waals surface area contributed by atoms with Crippen molar-refractivity contribution in [3.05, 3.63) is 108 Å². The average Bonchev–Trinajstić information content (AvgIpc) is 2.50. The summed E-state index contributed by atoms with van der Waals surface area (Å²) in [4.78, 5) is 160. The van der Waals surface area contributed by atoms with Crippen molar-refractivity contribution >= 4 is 71.0 Å². The highest BCUT2D eigenvalue weighted by atomic mass is 16.4. The number of hydrogen-bond acceptors (Lipinski definition) is 17. The highest BCUT2D eigenvalue weighted by Crippen LogP contribution is 2.17. The molecule has 4 aromatic rings. The molecule has 0 saturated carbocycles. The number of carboxylic acids is 1. The van der Waals surface area contributed by atoms with Crippen LogP contribution in [0.3, 0.4) is 0 Å². The lowest BCUT2D eigenvalue weighted by Crippen LogP contribution is -2.61. The average molecular weight is 1230 g/mol. The number of hydrogen-bond donors (Lipinski definition) is 18. The van der Waals surface area contributed by atoms with E-state index in [-0.39, 0.29) is 74.2 Å². The molecule has 88 heavy (non-hydrogen) atoms. The van der Waals surface area contributed by atoms with Gasteiger partial charge in [0.1, 0.15) is 65.6 Å². The molecule has 0 saturated heterocycles. The maximum atomic E-state index is 14.8. The molecule has 476 valence electrons. The van der Waals surface area contributed by atoms with Gasteiger partial charge in [-0.1, -0.05) is 50.2 Å². The van der Waals surface area contributed by atoms with E-state index in [4.69, 9.17) is 28.7 Å². The fraction of sp³-hybridized carbons (Fsp3) is 0.421. The monoisotopic (exact) mass is 1230 g/mol. The third kappa shape index (κ3) is 24.3. The van der Waals surface area contributed by atoms with Gasteiger partial charge in [0, 0.05) is 57.0 Å². The summed E-state index contributed by atoms with van der Waals surface area (Å²) in [6.45, 7) is 4.80. The lowest BCUT2D eigenvalue weighted by molar-refractivity contribution is -0.142. The van der Waals surface area contributed by atoms with Crippen LogP contribution in [0.15, 0.2) is 90.3 Å². The maximum Gasteiger partial charge on any atom is 0.326 e. The number of nitrogens with one attached hydrogen (secondary N) is 9. The lowest BCUT2D eigenvalue weighted by atomic mass is 10.0. The zero-order valence-corrected chi connectivity index (χ0v) is 48.7. The zero-order valence-electron chi connectivity index (χ0n) is 48.7. The van der Waals surface area contributed by atoms with E-state index in [1.165, 1.54) is 92.2 Å². The van der Waals surface area contributed by atoms with E-state index in [0.717, 1.165) is 0 Å². The summed E-state index contributed by atoms with van der Waals surface area (Å²) in [5.41, 5.74) is 29.1. The summed E-state index contributed by atoms with van der Waals surface area (Å²) in [7, 11) is 0. The van der Waals surface area contributed by atoms with Gasteiger partial charge in [-0.2, -0.15) is 0 Å². The minimum Gasteiger partial charge on any atom is -0.508 e. The van der Waals surface area contributed by atoms with E-state index in [1.807, 2.05) is 0 Å². The molecule has 0 bridgehead atoms. The Morgan fingerprint density at radius 1 is 0.477 bits per heavy atom. The van der Waals surface area contributed by atoms with Crippen LogP contribution in [-0.4, -0.2) is 162 Å². The van der Waals surface area contributed by atoms with Crippen molar-refractivity contribution in [3.8, 4) is 17.2 Å². The Balaban J connectivity index is 1.70. The molecule has 0 aliphatic rings. The number of H-pyrrole nitrogens is 1. The van der Waals surface area contributed by atoms with E-state index in [1.54, 1.807) is 13.8 Å². The van der Waals surface area contributed by atoms with E-state index >= 15 is 0 Å². The number of aromatic amines is 1. The number of amides is 10. The number of aromatic hydroxyl groups is 3. The number of aromatic nitrogens is 2. The molecule has 4 rings (SSSR count). The maximum absolute atomic E-state index is 14.8. The highest BCUT2D eigenvalue weighted by Gasteiger charge is 2.36. The number of nitrogens with zero attached hydrogens (tertiary/aromatic N) is 2. The van der Waals surface area contributed by atoms with E-state index in [0.29, 0.717) is 22.4 Å². The van der Waals surface area contributed by atoms with Gasteiger partial charge in [-0.05, 0) is 91.6 Å². The number of rotatable bonds is 36. The summed E-state index contributed by atoms with van der Waals surface area (Å²) in [5.74, 6) is -11.9. The molecular formula is C57H78N16O15. The molecule has 0 spiro atoms. The molecule has 0 radical (unpaired) electrons. The number of aliphatic carboxylic acids is 1. The van der Waals surface area contributed by atoms with Gasteiger partial charge in [-0.25, -0.2) is 9.78 Å². The van der Waals surface area contributed by atoms with Gasteiger partial charge in [0.25, 0.3) is 0 Å². The highest BCUT2D eigenvalue weighted by molar-refractivity contribution is 5.98. The third-order valence-corrected chi connectivity index (χ3v) is 13.6. The van der Waals surface area contributed by atoms with Gasteiger partial charge in [0.15, 0.2) is 5.96 Å². The fourth-order valence-electron chi connectivity index (χ4n) is 8.54. The Bertz CT molecular complexity index is 3070. The van der Waals surface area contributed by atoms with Crippen LogP contribution in [0.5, 0.6) is 17.2 Å². The first-order chi connectivity index (χ1) is 41.6. The number of phenolic OH excluding ortho intramolecular Hbond substituents is 3. The van der Waals surface area contributed by atoms with E-state index < -0.39 is 145 Å². The van der Waals surface area contributed by atoms with Gasteiger partial charge >= 0.3 is 5.97 Å². The number of primary amides is 2. The van der Waals surface area contributed by atoms with Gasteiger partial charge in [0.05, 0.1) is 12.4 Å². The van der Waals surface area contributed by atoms with Crippen molar-refractivity contribution in [2.75, 3.05) is 6.54 Å². The molecule has 31 heteroatoms. The van der Waals surface area contributed by atoms with Crippen molar-refractivity contribution in [2.45, 2.75) is 139 Å². The molecule has 1 aromatic heterocycles. The standard InChI is InChI=1S/C57H78N16O15/c1-29(2)47(60)55(86)66-30(3)48(79)70-41(23-31-6-12-35(74)13-7-31)52(83)73-44(26-34-27-63-28-65-34)54(85)68-39(19-21-46(59)78)50(81)71-43(25-33-10-16-37(76)17-11-33)53(84)72-42(24-32-8-14-36(75)15-9-32)51(82)67-38(18-20-45(58)77)49(80)69-40(56(87)88)5-4-22-64-57(61)62/h6-17,27-30,38-44,47,74-76H,4-5,18-26,60H2,1-3H3,(H2,58,77)(H2,59,78)(H,63,65)(H,66,86)(H,67,82)(H,68,85)(H,69,80)(H,70,79)(H,71,81)(H,72,84)(H,73,83)(H,87,88)(H4,61,62,64)/t30-,38-,39-,40-,41-,42-,43-,44-,47-/m0/s1. The van der Waals surface area contributed by atoms with Crippen molar-refractivity contribution in [3.63, 3.8) is 0 Å². The number of aliphatic imine (C=N–C) groups is 1. The van der Waals surface area contributed by atoms with Crippen LogP contribution in [0.1, 0.15) is 81.7 Å². The minimum absolute atomic E-state index is 0.0149. The van der Waals surface area contributed by atoms with Gasteiger partial charge in [0.2, 0.25) is 59.1 Å². The molecule has 9 atom stereocenters. The normalized spacial score (nSPS) is 14.1. The molecule has 1 heterocycles. The first kappa shape index (κ1) is 70.2. The summed E-state index contributed by atoms with van der Waals surface area (Å²) >= 11 is 0. The van der Waals surface area contributed by atoms with Crippen LogP contribution in [-0.2, 0) is 78.4 Å². The number of phenols is 3. The number of carboxylic acid groups (broad SMARTS) is 1. The smallest absolute Gasteiger partial charge is 0.326 e. The second-order valence-corrected chi connectivity index (χ2v) is 21.1. The number of carbonyl (C=O) groups excluding carboxylic acids is 10. The van der Waals surface area contributed by atoms with Gasteiger partial charge in [-0.15, -0.1) is 0 Å². The molecule has 3 aromatic carbocycles. The number of imidazole rings is 1. The molecule has 0 aliphatic heterocycles. The van der Waals surface area contributed by atoms with E-state index in [2.05, 4.69) is 57.5 Å². The first-order valence-electron chi connectivity index (χ1n) is 27.9. The lowest BCUT2D eigenvalue weighted by Gasteiger charge is -2.28. The van der Waals surface area contributed by atoms with Crippen molar-refractivity contribution in [1.82, 2.24) is 52.5 Å². The first-order valence-corrected chi connectivity index (χ1v) is 27.9. The number of carbonyl (C=O) groups is 11. The quantitative estimate of drug-likeness (QED) is 0.0119. The molecular weight excluding hydrogens is 1150 g/mol. The van der Waals surface area contributed by atoms with E-state index in [9.17, 15) is 73.2 Å². The molecule has 0 aliphatic carbocycles. The predicted molar refractivity (Wildman–Crippen MR) is 316 cm³/mol. The Hall–Kier alpha value is -10.3. The second kappa shape index (κ2) is 34.6. The Morgan fingerprint density at radius 2 is 0.830 bits per heavy atom. The Morgan fingerprint density at radius 3 is 1.17 bits per heavy atom. The van der Waals surface area contributed by atoms with Crippen LogP contribution in [0.2, 0.25) is 0 Å². The van der Waals surface area contributed by atoms with Crippen LogP contribution < -0.4 is 71.2 Å². The SMILES string of the molecule is CC(C)[C@H](N)C(=O)N[C@@H](C)C(=O)N[C@@H](Cc1ccc(O)cc1)C(=O)N[C@@H](Cc1cnc[nH]1)C(=O)N[C@@H](CCC(N)=O)C(=O)N[C@@H](Cc1ccc(O)cc1)C(=O)N[C@@H](Cc1ccc(O)cc1)C(=O)N[C@@H](CCC(N)=O)C(=O)N[C@@H](CCCN=C(N)N)C(=O)O. The summed E-state index contributed by atoms with van der Waals surface area (Å²) in [5, 5.41) is 60.3. The Kier molecular flexibility index (Phi) is 27.6. The summed E-state index contributed by atoms with van der Waals surface area (Å²) in [6.07, 6.45) is -0.608. The van der Waals surface area contributed by atoms with Crippen LogP contribution in [0, 0.1) is 5.92 Å².